The van der Waals surface area contributed by atoms with Gasteiger partial charge in [-0.2, -0.15) is 0 Å². The molecule has 10 heavy (non-hydrogen) atoms. The molecule has 2 bridgehead atoms. The first-order chi connectivity index (χ1) is 4.62. The van der Waals surface area contributed by atoms with Crippen LogP contribution >= 0.6 is 0 Å². The lowest BCUT2D eigenvalue weighted by molar-refractivity contribution is -0.0273. The maximum atomic E-state index is 4.13. The van der Waals surface area contributed by atoms with Crippen molar-refractivity contribution in [3.63, 3.8) is 0 Å². The zero-order valence-corrected chi connectivity index (χ0v) is 6.98. The molecule has 0 heterocycles. The van der Waals surface area contributed by atoms with E-state index in [9.17, 15) is 0 Å². The van der Waals surface area contributed by atoms with Crippen molar-refractivity contribution in [3.8, 4) is 0 Å². The van der Waals surface area contributed by atoms with Crippen molar-refractivity contribution < 1.29 is 0 Å². The normalized spacial score (nSPS) is 42.8. The summed E-state index contributed by atoms with van der Waals surface area (Å²) in [7, 11) is 0. The van der Waals surface area contributed by atoms with Crippen LogP contribution in [-0.2, 0) is 0 Å². The zero-order valence-electron chi connectivity index (χ0n) is 6.98. The van der Waals surface area contributed by atoms with Crippen LogP contribution in [0.3, 0.4) is 0 Å². The molecule has 0 radical (unpaired) electrons. The predicted octanol–water partition coefficient (Wildman–Crippen LogP) is 3.00. The summed E-state index contributed by atoms with van der Waals surface area (Å²) in [6, 6.07) is 0. The van der Waals surface area contributed by atoms with Crippen molar-refractivity contribution in [2.75, 3.05) is 0 Å². The molecule has 3 fully saturated rings. The Morgan fingerprint density at radius 1 is 1.50 bits per heavy atom. The van der Waals surface area contributed by atoms with Gasteiger partial charge < -0.3 is 0 Å². The number of fused-ring (bicyclic) bond motifs is 2. The van der Waals surface area contributed by atoms with E-state index in [4.69, 9.17) is 0 Å². The third-order valence-corrected chi connectivity index (χ3v) is 3.78. The molecule has 0 N–H and O–H groups in total. The lowest BCUT2D eigenvalue weighted by atomic mass is 9.47. The fraction of sp³-hybridized carbons (Fsp3) is 0.800. The van der Waals surface area contributed by atoms with Crippen LogP contribution in [0.25, 0.3) is 0 Å². The molecule has 3 aliphatic carbocycles. The van der Waals surface area contributed by atoms with Crippen LogP contribution in [0.5, 0.6) is 0 Å². The Balaban J connectivity index is 2.23. The first-order valence-corrected chi connectivity index (χ1v) is 4.30. The molecule has 0 spiro atoms. The van der Waals surface area contributed by atoms with Crippen molar-refractivity contribution in [1.82, 2.24) is 0 Å². The van der Waals surface area contributed by atoms with Crippen molar-refractivity contribution in [2.45, 2.75) is 33.1 Å². The van der Waals surface area contributed by atoms with Gasteiger partial charge in [-0.1, -0.05) is 26.0 Å². The lowest BCUT2D eigenvalue weighted by Crippen LogP contribution is -2.48. The third kappa shape index (κ3) is 0.574. The Kier molecular flexibility index (Phi) is 1.07. The molecule has 0 heteroatoms. The van der Waals surface area contributed by atoms with E-state index >= 15 is 0 Å². The molecule has 3 aliphatic rings. The molecule has 0 aromatic rings. The van der Waals surface area contributed by atoms with Crippen LogP contribution in [0, 0.1) is 17.3 Å². The largest absolute Gasteiger partial charge is 0.0996 e. The molecule has 0 aromatic carbocycles. The van der Waals surface area contributed by atoms with Crippen LogP contribution in [0.2, 0.25) is 0 Å². The van der Waals surface area contributed by atoms with Gasteiger partial charge in [-0.3, -0.25) is 0 Å². The van der Waals surface area contributed by atoms with Crippen LogP contribution < -0.4 is 0 Å². The minimum absolute atomic E-state index is 0.606. The molecule has 3 rings (SSSR count). The summed E-state index contributed by atoms with van der Waals surface area (Å²) in [5.41, 5.74) is 2.13. The molecule has 0 nitrogen and oxygen atoms in total. The van der Waals surface area contributed by atoms with Gasteiger partial charge in [-0.15, -0.1) is 0 Å². The SMILES string of the molecule is C=C1CCC2C[C@@H]1C2(C)C. The van der Waals surface area contributed by atoms with Gasteiger partial charge in [0.05, 0.1) is 0 Å². The molecular weight excluding hydrogens is 120 g/mol. The molecular formula is C10H16. The van der Waals surface area contributed by atoms with E-state index in [2.05, 4.69) is 20.4 Å². The molecule has 56 valence electrons. The van der Waals surface area contributed by atoms with E-state index in [-0.39, 0.29) is 0 Å². The fourth-order valence-corrected chi connectivity index (χ4v) is 2.73. The second-order valence-corrected chi connectivity index (χ2v) is 4.50. The number of rotatable bonds is 0. The van der Waals surface area contributed by atoms with Crippen LogP contribution in [0.1, 0.15) is 33.1 Å². The van der Waals surface area contributed by atoms with E-state index in [0.29, 0.717) is 5.41 Å². The van der Waals surface area contributed by atoms with Gasteiger partial charge in [0.2, 0.25) is 0 Å². The first-order valence-electron chi connectivity index (χ1n) is 4.30. The van der Waals surface area contributed by atoms with E-state index in [0.717, 1.165) is 11.8 Å². The van der Waals surface area contributed by atoms with E-state index in [1.54, 1.807) is 0 Å². The van der Waals surface area contributed by atoms with Gasteiger partial charge >= 0.3 is 0 Å². The Morgan fingerprint density at radius 3 is 2.50 bits per heavy atom. The quantitative estimate of drug-likeness (QED) is 0.449. The van der Waals surface area contributed by atoms with Crippen molar-refractivity contribution >= 4 is 0 Å². The van der Waals surface area contributed by atoms with Crippen LogP contribution in [0.15, 0.2) is 12.2 Å². The van der Waals surface area contributed by atoms with Gasteiger partial charge in [0, 0.05) is 0 Å². The van der Waals surface area contributed by atoms with Gasteiger partial charge in [-0.05, 0) is 36.5 Å². The molecule has 0 aliphatic heterocycles. The molecule has 0 amide bonds. The second kappa shape index (κ2) is 1.66. The van der Waals surface area contributed by atoms with Crippen molar-refractivity contribution in [2.24, 2.45) is 17.3 Å². The van der Waals surface area contributed by atoms with E-state index in [1.165, 1.54) is 24.8 Å². The summed E-state index contributed by atoms with van der Waals surface area (Å²) in [5, 5.41) is 0. The van der Waals surface area contributed by atoms with Gasteiger partial charge in [0.1, 0.15) is 0 Å². The number of allylic oxidation sites excluding steroid dienone is 1. The fourth-order valence-electron chi connectivity index (χ4n) is 2.73. The summed E-state index contributed by atoms with van der Waals surface area (Å²) in [4.78, 5) is 0. The summed E-state index contributed by atoms with van der Waals surface area (Å²) in [5.74, 6) is 1.88. The van der Waals surface area contributed by atoms with Crippen LogP contribution in [-0.4, -0.2) is 0 Å². The van der Waals surface area contributed by atoms with E-state index < -0.39 is 0 Å². The van der Waals surface area contributed by atoms with Crippen molar-refractivity contribution in [1.29, 1.82) is 0 Å². The average molecular weight is 136 g/mol. The number of hydrogen-bond acceptors (Lipinski definition) is 0. The minimum atomic E-state index is 0.606. The maximum Gasteiger partial charge on any atom is -0.0149 e. The van der Waals surface area contributed by atoms with Gasteiger partial charge in [0.25, 0.3) is 0 Å². The molecule has 0 aromatic heterocycles. The molecule has 3 saturated carbocycles. The third-order valence-electron chi connectivity index (χ3n) is 3.78. The smallest absolute Gasteiger partial charge is 0.0149 e. The van der Waals surface area contributed by atoms with Gasteiger partial charge in [0.15, 0.2) is 0 Å². The summed E-state index contributed by atoms with van der Waals surface area (Å²) in [6.45, 7) is 8.93. The summed E-state index contributed by atoms with van der Waals surface area (Å²) >= 11 is 0. The lowest BCUT2D eigenvalue weighted by Gasteiger charge is -2.57. The Morgan fingerprint density at radius 2 is 2.20 bits per heavy atom. The van der Waals surface area contributed by atoms with Crippen LogP contribution in [0.4, 0.5) is 0 Å². The Hall–Kier alpha value is -0.260. The highest BCUT2D eigenvalue weighted by atomic mass is 14.6. The zero-order chi connectivity index (χ0) is 7.35. The minimum Gasteiger partial charge on any atom is -0.0996 e. The second-order valence-electron chi connectivity index (χ2n) is 4.50. The average Bonchev–Trinajstić information content (AvgIpc) is 1.87. The Bertz CT molecular complexity index is 174. The topological polar surface area (TPSA) is 0 Å². The first kappa shape index (κ1) is 6.45. The predicted molar refractivity (Wildman–Crippen MR) is 43.8 cm³/mol. The molecule has 2 atom stereocenters. The van der Waals surface area contributed by atoms with Crippen molar-refractivity contribution in [3.05, 3.63) is 12.2 Å². The Labute approximate surface area is 63.3 Å². The monoisotopic (exact) mass is 136 g/mol. The highest BCUT2D eigenvalue weighted by Gasteiger charge is 2.51. The molecule has 1 unspecified atom stereocenters. The van der Waals surface area contributed by atoms with E-state index in [1.807, 2.05) is 0 Å². The summed E-state index contributed by atoms with van der Waals surface area (Å²) in [6.07, 6.45) is 4.15. The standard InChI is InChI=1S/C10H16/c1-7-4-5-8-6-9(7)10(8,2)3/h8-9H,1,4-6H2,2-3H3/t8?,9-/m0/s1. The highest BCUT2D eigenvalue weighted by molar-refractivity contribution is 5.18. The molecule has 0 saturated heterocycles. The maximum absolute atomic E-state index is 4.13. The number of hydrogen-bond donors (Lipinski definition) is 0. The van der Waals surface area contributed by atoms with Gasteiger partial charge in [-0.25, -0.2) is 0 Å². The summed E-state index contributed by atoms with van der Waals surface area (Å²) < 4.78 is 0. The highest BCUT2D eigenvalue weighted by Crippen LogP contribution is 2.60.